The van der Waals surface area contributed by atoms with E-state index in [1.165, 1.54) is 19.2 Å². The van der Waals surface area contributed by atoms with Gasteiger partial charge < -0.3 is 24.3 Å². The zero-order valence-corrected chi connectivity index (χ0v) is 24.8. The van der Waals surface area contributed by atoms with Gasteiger partial charge in [-0.05, 0) is 25.1 Å². The van der Waals surface area contributed by atoms with Gasteiger partial charge >= 0.3 is 28.1 Å². The Morgan fingerprint density at radius 2 is 1.68 bits per heavy atom. The molecule has 1 aliphatic rings. The molecule has 3 heterocycles. The van der Waals surface area contributed by atoms with Crippen LogP contribution in [0.4, 0.5) is 29.5 Å². The molecule has 44 heavy (non-hydrogen) atoms. The van der Waals surface area contributed by atoms with Crippen molar-refractivity contribution in [2.75, 3.05) is 11.9 Å². The highest BCUT2D eigenvalue weighted by Gasteiger charge is 2.65. The summed E-state index contributed by atoms with van der Waals surface area (Å²) in [6.45, 7) is 4.34. The van der Waals surface area contributed by atoms with Gasteiger partial charge in [0.2, 0.25) is 0 Å². The zero-order valence-electron chi connectivity index (χ0n) is 23.2. The fourth-order valence-electron chi connectivity index (χ4n) is 4.59. The van der Waals surface area contributed by atoms with E-state index >= 15 is 0 Å². The minimum atomic E-state index is -10.1. The maximum Gasteiger partial charge on any atom is 0.310 e. The molecule has 2 aromatic heterocycles. The van der Waals surface area contributed by atoms with Crippen molar-refractivity contribution >= 4 is 56.5 Å². The summed E-state index contributed by atoms with van der Waals surface area (Å²) < 4.78 is 103. The lowest BCUT2D eigenvalue weighted by atomic mass is 10.1. The van der Waals surface area contributed by atoms with Crippen molar-refractivity contribution in [2.45, 2.75) is 63.2 Å². The van der Waals surface area contributed by atoms with Crippen LogP contribution >= 0.6 is 21.8 Å². The van der Waals surface area contributed by atoms with E-state index in [-0.39, 0.29) is 46.2 Å². The highest BCUT2D eigenvalue weighted by molar-refractivity contribution is 8.45. The van der Waals surface area contributed by atoms with Gasteiger partial charge in [0.1, 0.15) is 28.6 Å². The van der Waals surface area contributed by atoms with Crippen molar-refractivity contribution in [2.24, 2.45) is 0 Å². The van der Waals surface area contributed by atoms with Gasteiger partial charge in [0.25, 0.3) is 0 Å². The highest BCUT2D eigenvalue weighted by Crippen LogP contribution is 3.02. The minimum absolute atomic E-state index is 0.0146. The number of esters is 3. The third-order valence-corrected chi connectivity index (χ3v) is 7.71. The number of fused-ring (bicyclic) bond motifs is 1. The van der Waals surface area contributed by atoms with E-state index in [1.807, 2.05) is 0 Å². The number of ether oxygens (including phenoxy) is 4. The number of rotatable bonds is 9. The topological polar surface area (TPSA) is 131 Å². The maximum atomic E-state index is 14.7. The van der Waals surface area contributed by atoms with Crippen LogP contribution in [-0.2, 0) is 33.3 Å². The van der Waals surface area contributed by atoms with Crippen molar-refractivity contribution in [3.05, 3.63) is 47.0 Å². The van der Waals surface area contributed by atoms with Crippen molar-refractivity contribution in [1.29, 1.82) is 0 Å². The summed E-state index contributed by atoms with van der Waals surface area (Å²) in [5.74, 6) is -3.71. The van der Waals surface area contributed by atoms with Gasteiger partial charge in [0.15, 0.2) is 24.1 Å². The number of hydrogen-bond donors (Lipinski definition) is 1. The Balaban J connectivity index is 1.71. The van der Waals surface area contributed by atoms with Crippen LogP contribution in [0.15, 0.2) is 35.4 Å². The first-order valence-electron chi connectivity index (χ1n) is 12.6. The largest absolute Gasteiger partial charge is 0.463 e. The molecule has 0 bridgehead atoms. The molecule has 0 saturated carbocycles. The molecule has 0 spiro atoms. The fraction of sp³-hybridized carbons (Fsp3) is 0.400. The van der Waals surface area contributed by atoms with Gasteiger partial charge in [-0.3, -0.25) is 14.4 Å². The molecular formula is C25H25ClF6N4O7S. The number of benzene rings is 1. The summed E-state index contributed by atoms with van der Waals surface area (Å²) in [5.41, 5.74) is -0.193. The first kappa shape index (κ1) is 33.1. The summed E-state index contributed by atoms with van der Waals surface area (Å²) in [7, 11) is -10.1. The van der Waals surface area contributed by atoms with E-state index in [4.69, 9.17) is 30.5 Å². The number of aromatic nitrogens is 3. The molecule has 5 atom stereocenters. The van der Waals surface area contributed by atoms with E-state index in [0.717, 1.165) is 25.5 Å². The van der Waals surface area contributed by atoms with E-state index in [9.17, 15) is 38.2 Å². The fourth-order valence-corrected chi connectivity index (χ4v) is 5.43. The second-order valence-corrected chi connectivity index (χ2v) is 12.6. The van der Waals surface area contributed by atoms with E-state index in [0.29, 0.717) is 6.07 Å². The molecule has 1 aliphatic heterocycles. The third kappa shape index (κ3) is 7.29. The first-order valence-corrected chi connectivity index (χ1v) is 14.9. The highest BCUT2D eigenvalue weighted by atomic mass is 35.5. The number of pyridine rings is 1. The molecule has 242 valence electrons. The lowest BCUT2D eigenvalue weighted by Gasteiger charge is -2.40. The Labute approximate surface area is 250 Å². The molecule has 1 N–H and O–H groups in total. The predicted molar refractivity (Wildman–Crippen MR) is 144 cm³/mol. The SMILES string of the molecule is CC(=O)OC[C@H]1O[C@@H](n2ncc3c(N[C@@H](C)c4ccc(S(F)(F)(F)(F)F)cc4F)cc(Cl)nc32)[C@H](OC(C)=O)[C@@H]1OC(C)=O. The van der Waals surface area contributed by atoms with E-state index in [2.05, 4.69) is 15.4 Å². The zero-order chi connectivity index (χ0) is 32.8. The Morgan fingerprint density at radius 1 is 1.05 bits per heavy atom. The standard InChI is InChI=1S/C25H25ClF6N4O7S/c1-11(16-6-5-15(7-18(16)27)44(28,29,30,31)32)34-19-8-21(26)35-24-17(19)9-33-36(24)25-23(42-14(4)39)22(41-13(3)38)20(43-25)10-40-12(2)37/h5-9,11,20,22-23,25H,10H2,1-4H3,(H,34,35)/t11-,20+,22+,23+,25+/m0/s1. The lowest BCUT2D eigenvalue weighted by Crippen LogP contribution is -2.40. The van der Waals surface area contributed by atoms with Gasteiger partial charge in [0.05, 0.1) is 23.3 Å². The van der Waals surface area contributed by atoms with Crippen LogP contribution in [0, 0.1) is 5.82 Å². The molecule has 1 aromatic carbocycles. The van der Waals surface area contributed by atoms with Crippen molar-refractivity contribution < 1.29 is 57.2 Å². The summed E-state index contributed by atoms with van der Waals surface area (Å²) >= 11 is 6.23. The van der Waals surface area contributed by atoms with Gasteiger partial charge in [-0.1, -0.05) is 37.1 Å². The molecular weight excluding hydrogens is 650 g/mol. The van der Waals surface area contributed by atoms with E-state index in [1.54, 1.807) is 0 Å². The number of nitrogens with zero attached hydrogens (tertiary/aromatic N) is 3. The molecule has 3 aromatic rings. The number of carbonyl (C=O) groups excluding carboxylic acids is 3. The average Bonchev–Trinajstić information content (AvgIpc) is 3.42. The lowest BCUT2D eigenvalue weighted by molar-refractivity contribution is -0.166. The smallest absolute Gasteiger partial charge is 0.310 e. The molecule has 0 radical (unpaired) electrons. The van der Waals surface area contributed by atoms with Crippen LogP contribution in [0.3, 0.4) is 0 Å². The van der Waals surface area contributed by atoms with Gasteiger partial charge in [-0.15, -0.1) is 0 Å². The van der Waals surface area contributed by atoms with Crippen LogP contribution < -0.4 is 5.32 Å². The number of carbonyl (C=O) groups is 3. The molecule has 0 unspecified atom stereocenters. The van der Waals surface area contributed by atoms with Gasteiger partial charge in [-0.25, -0.2) is 14.1 Å². The van der Waals surface area contributed by atoms with Crippen molar-refractivity contribution in [3.8, 4) is 0 Å². The van der Waals surface area contributed by atoms with Crippen molar-refractivity contribution in [3.63, 3.8) is 0 Å². The Kier molecular flexibility index (Phi) is 8.27. The van der Waals surface area contributed by atoms with Gasteiger partial charge in [-0.2, -0.15) is 5.10 Å². The monoisotopic (exact) mass is 674 g/mol. The van der Waals surface area contributed by atoms with E-state index < -0.39 is 69.4 Å². The summed E-state index contributed by atoms with van der Waals surface area (Å²) in [5, 5.41) is 7.18. The molecule has 0 amide bonds. The van der Waals surface area contributed by atoms with Gasteiger partial charge in [0, 0.05) is 26.3 Å². The van der Waals surface area contributed by atoms with Crippen LogP contribution in [0.1, 0.15) is 45.5 Å². The molecule has 1 fully saturated rings. The number of anilines is 1. The second-order valence-electron chi connectivity index (χ2n) is 9.85. The summed E-state index contributed by atoms with van der Waals surface area (Å²) in [6, 6.07) is 0.658. The molecule has 4 rings (SSSR count). The Hall–Kier alpha value is -3.77. The van der Waals surface area contributed by atoms with Crippen LogP contribution in [-0.4, -0.2) is 57.6 Å². The Morgan fingerprint density at radius 3 is 2.25 bits per heavy atom. The maximum absolute atomic E-state index is 14.7. The normalized spacial score (nSPS) is 22.5. The number of hydrogen-bond acceptors (Lipinski definition) is 10. The third-order valence-electron chi connectivity index (χ3n) is 6.37. The average molecular weight is 675 g/mol. The predicted octanol–water partition coefficient (Wildman–Crippen LogP) is 6.38. The summed E-state index contributed by atoms with van der Waals surface area (Å²) in [4.78, 5) is 37.1. The quantitative estimate of drug-likeness (QED) is 0.118. The molecule has 1 saturated heterocycles. The first-order chi connectivity index (χ1) is 20.1. The molecule has 11 nitrogen and oxygen atoms in total. The number of nitrogens with one attached hydrogen (secondary N) is 1. The Bertz CT molecular complexity index is 1640. The molecule has 0 aliphatic carbocycles. The van der Waals surface area contributed by atoms with Crippen LogP contribution in [0.25, 0.3) is 11.0 Å². The number of halogens is 7. The minimum Gasteiger partial charge on any atom is -0.463 e. The molecule has 19 heteroatoms. The summed E-state index contributed by atoms with van der Waals surface area (Å²) in [6.07, 6.45) is -3.68. The van der Waals surface area contributed by atoms with Crippen LogP contribution in [0.2, 0.25) is 5.15 Å². The second kappa shape index (κ2) is 11.0. The van der Waals surface area contributed by atoms with Crippen LogP contribution in [0.5, 0.6) is 0 Å². The van der Waals surface area contributed by atoms with Crippen molar-refractivity contribution in [1.82, 2.24) is 14.8 Å².